The van der Waals surface area contributed by atoms with Gasteiger partial charge in [0, 0.05) is 25.7 Å². The molecule has 102 valence electrons. The van der Waals surface area contributed by atoms with Crippen LogP contribution in [0.5, 0.6) is 0 Å². The highest BCUT2D eigenvalue weighted by molar-refractivity contribution is 7.89. The molecule has 1 fully saturated rings. The normalized spacial score (nSPS) is 22.1. The van der Waals surface area contributed by atoms with Gasteiger partial charge in [-0.05, 0) is 39.2 Å². The first kappa shape index (κ1) is 14.9. The molecule has 0 aliphatic carbocycles. The summed E-state index contributed by atoms with van der Waals surface area (Å²) in [6.07, 6.45) is 4.19. The maximum Gasteiger partial charge on any atom is 0.211 e. The molecule has 1 atom stereocenters. The lowest BCUT2D eigenvalue weighted by molar-refractivity contribution is 0.219. The zero-order chi connectivity index (χ0) is 12.7. The Hall–Kier alpha value is -0.170. The Morgan fingerprint density at radius 3 is 2.88 bits per heavy atom. The maximum atomic E-state index is 11.3. The van der Waals surface area contributed by atoms with Crippen molar-refractivity contribution < 1.29 is 13.5 Å². The lowest BCUT2D eigenvalue weighted by atomic mass is 10.1. The SMILES string of the molecule is CCS(=O)(=O)NCCN1CCCC1CCCO. The van der Waals surface area contributed by atoms with Crippen LogP contribution in [0.15, 0.2) is 0 Å². The lowest BCUT2D eigenvalue weighted by Crippen LogP contribution is -2.38. The quantitative estimate of drug-likeness (QED) is 0.655. The first-order chi connectivity index (χ1) is 8.09. The molecule has 0 bridgehead atoms. The molecule has 5 nitrogen and oxygen atoms in total. The van der Waals surface area contributed by atoms with Crippen LogP contribution in [0.4, 0.5) is 0 Å². The van der Waals surface area contributed by atoms with E-state index in [-0.39, 0.29) is 12.4 Å². The van der Waals surface area contributed by atoms with Crippen molar-refractivity contribution in [3.63, 3.8) is 0 Å². The molecule has 0 spiro atoms. The van der Waals surface area contributed by atoms with Crippen molar-refractivity contribution in [2.24, 2.45) is 0 Å². The second-order valence-corrected chi connectivity index (χ2v) is 6.59. The van der Waals surface area contributed by atoms with Gasteiger partial charge in [-0.1, -0.05) is 0 Å². The highest BCUT2D eigenvalue weighted by atomic mass is 32.2. The summed E-state index contributed by atoms with van der Waals surface area (Å²) in [6, 6.07) is 0.522. The predicted octanol–water partition coefficient (Wildman–Crippen LogP) is 0.163. The van der Waals surface area contributed by atoms with Gasteiger partial charge in [-0.15, -0.1) is 0 Å². The molecule has 2 N–H and O–H groups in total. The number of aliphatic hydroxyl groups excluding tert-OH is 1. The van der Waals surface area contributed by atoms with Crippen molar-refractivity contribution in [2.75, 3.05) is 32.0 Å². The fourth-order valence-electron chi connectivity index (χ4n) is 2.29. The Morgan fingerprint density at radius 1 is 1.47 bits per heavy atom. The van der Waals surface area contributed by atoms with Gasteiger partial charge in [0.1, 0.15) is 0 Å². The monoisotopic (exact) mass is 264 g/mol. The van der Waals surface area contributed by atoms with Crippen LogP contribution >= 0.6 is 0 Å². The summed E-state index contributed by atoms with van der Waals surface area (Å²) in [5, 5.41) is 8.82. The molecular weight excluding hydrogens is 240 g/mol. The van der Waals surface area contributed by atoms with Gasteiger partial charge in [-0.3, -0.25) is 4.90 Å². The van der Waals surface area contributed by atoms with Crippen LogP contribution in [0.2, 0.25) is 0 Å². The van der Waals surface area contributed by atoms with Gasteiger partial charge in [0.05, 0.1) is 5.75 Å². The van der Waals surface area contributed by atoms with Crippen molar-refractivity contribution in [3.05, 3.63) is 0 Å². The minimum atomic E-state index is -3.06. The van der Waals surface area contributed by atoms with Crippen LogP contribution in [0.1, 0.15) is 32.6 Å². The van der Waals surface area contributed by atoms with E-state index in [2.05, 4.69) is 9.62 Å². The Kier molecular flexibility index (Phi) is 6.40. The average molecular weight is 264 g/mol. The van der Waals surface area contributed by atoms with Crippen LogP contribution in [-0.4, -0.2) is 56.5 Å². The summed E-state index contributed by atoms with van der Waals surface area (Å²) < 4.78 is 25.1. The minimum absolute atomic E-state index is 0.140. The van der Waals surface area contributed by atoms with E-state index >= 15 is 0 Å². The fraction of sp³-hybridized carbons (Fsp3) is 1.00. The number of likely N-dealkylation sites (tertiary alicyclic amines) is 1. The number of sulfonamides is 1. The third kappa shape index (κ3) is 5.33. The van der Waals surface area contributed by atoms with E-state index < -0.39 is 10.0 Å². The van der Waals surface area contributed by atoms with Gasteiger partial charge in [0.15, 0.2) is 0 Å². The number of nitrogens with one attached hydrogen (secondary N) is 1. The Bertz CT molecular complexity index is 306. The van der Waals surface area contributed by atoms with E-state index in [1.54, 1.807) is 6.92 Å². The van der Waals surface area contributed by atoms with Gasteiger partial charge in [0.25, 0.3) is 0 Å². The number of hydrogen-bond acceptors (Lipinski definition) is 4. The van der Waals surface area contributed by atoms with Crippen LogP contribution < -0.4 is 4.72 Å². The van der Waals surface area contributed by atoms with Crippen LogP contribution in [0.25, 0.3) is 0 Å². The standard InChI is InChI=1S/C11H24N2O3S/c1-2-17(15,16)12-7-9-13-8-3-5-11(13)6-4-10-14/h11-12,14H,2-10H2,1H3. The summed E-state index contributed by atoms with van der Waals surface area (Å²) in [6.45, 7) is 4.19. The average Bonchev–Trinajstić information content (AvgIpc) is 2.74. The Labute approximate surface area is 104 Å². The summed E-state index contributed by atoms with van der Waals surface area (Å²) in [4.78, 5) is 2.33. The number of hydrogen-bond donors (Lipinski definition) is 2. The van der Waals surface area contributed by atoms with Crippen molar-refractivity contribution in [2.45, 2.75) is 38.6 Å². The zero-order valence-corrected chi connectivity index (χ0v) is 11.4. The zero-order valence-electron chi connectivity index (χ0n) is 10.6. The van der Waals surface area contributed by atoms with E-state index in [1.807, 2.05) is 0 Å². The smallest absolute Gasteiger partial charge is 0.211 e. The van der Waals surface area contributed by atoms with Gasteiger partial charge < -0.3 is 5.11 Å². The molecule has 1 saturated heterocycles. The number of aliphatic hydroxyl groups is 1. The van der Waals surface area contributed by atoms with E-state index in [1.165, 1.54) is 12.8 Å². The molecule has 0 aromatic heterocycles. The van der Waals surface area contributed by atoms with Crippen LogP contribution in [0.3, 0.4) is 0 Å². The molecule has 17 heavy (non-hydrogen) atoms. The van der Waals surface area contributed by atoms with E-state index in [0.29, 0.717) is 12.6 Å². The van der Waals surface area contributed by atoms with Gasteiger partial charge >= 0.3 is 0 Å². The molecule has 0 saturated carbocycles. The molecule has 1 aliphatic heterocycles. The molecule has 1 heterocycles. The largest absolute Gasteiger partial charge is 0.396 e. The van der Waals surface area contributed by atoms with Gasteiger partial charge in [-0.25, -0.2) is 13.1 Å². The van der Waals surface area contributed by atoms with E-state index in [9.17, 15) is 8.42 Å². The molecule has 0 amide bonds. The third-order valence-electron chi connectivity index (χ3n) is 3.30. The molecule has 0 radical (unpaired) electrons. The third-order valence-corrected chi connectivity index (χ3v) is 4.70. The van der Waals surface area contributed by atoms with Crippen LogP contribution in [0, 0.1) is 0 Å². The maximum absolute atomic E-state index is 11.3. The van der Waals surface area contributed by atoms with Crippen LogP contribution in [-0.2, 0) is 10.0 Å². The highest BCUT2D eigenvalue weighted by Crippen LogP contribution is 2.20. The Balaban J connectivity index is 2.26. The lowest BCUT2D eigenvalue weighted by Gasteiger charge is -2.24. The molecule has 0 aromatic rings. The molecule has 1 unspecified atom stereocenters. The Morgan fingerprint density at radius 2 is 2.24 bits per heavy atom. The second kappa shape index (κ2) is 7.31. The topological polar surface area (TPSA) is 69.6 Å². The molecule has 0 aromatic carbocycles. The summed E-state index contributed by atoms with van der Waals surface area (Å²) in [7, 11) is -3.06. The molecular formula is C11H24N2O3S. The van der Waals surface area contributed by atoms with E-state index in [4.69, 9.17) is 5.11 Å². The molecule has 1 rings (SSSR count). The van der Waals surface area contributed by atoms with Gasteiger partial charge in [0.2, 0.25) is 10.0 Å². The summed E-state index contributed by atoms with van der Waals surface area (Å²) in [5.41, 5.74) is 0. The predicted molar refractivity (Wildman–Crippen MR) is 68.4 cm³/mol. The van der Waals surface area contributed by atoms with Crippen molar-refractivity contribution in [1.29, 1.82) is 0 Å². The number of nitrogens with zero attached hydrogens (tertiary/aromatic N) is 1. The van der Waals surface area contributed by atoms with Crippen molar-refractivity contribution >= 4 is 10.0 Å². The number of rotatable bonds is 8. The van der Waals surface area contributed by atoms with Crippen molar-refractivity contribution in [3.8, 4) is 0 Å². The second-order valence-electron chi connectivity index (χ2n) is 4.50. The minimum Gasteiger partial charge on any atom is -0.396 e. The summed E-state index contributed by atoms with van der Waals surface area (Å²) >= 11 is 0. The molecule has 6 heteroatoms. The van der Waals surface area contributed by atoms with E-state index in [0.717, 1.165) is 25.9 Å². The first-order valence-corrected chi connectivity index (χ1v) is 8.06. The first-order valence-electron chi connectivity index (χ1n) is 6.41. The van der Waals surface area contributed by atoms with Crippen molar-refractivity contribution in [1.82, 2.24) is 9.62 Å². The highest BCUT2D eigenvalue weighted by Gasteiger charge is 2.23. The summed E-state index contributed by atoms with van der Waals surface area (Å²) in [5.74, 6) is 0.140. The molecule has 1 aliphatic rings. The van der Waals surface area contributed by atoms with Gasteiger partial charge in [-0.2, -0.15) is 0 Å². The fourth-order valence-corrected chi connectivity index (χ4v) is 2.90.